The van der Waals surface area contributed by atoms with Crippen molar-refractivity contribution in [2.75, 3.05) is 17.2 Å². The van der Waals surface area contributed by atoms with Crippen LogP contribution in [0.5, 0.6) is 0 Å². The van der Waals surface area contributed by atoms with Crippen molar-refractivity contribution in [3.8, 4) is 0 Å². The fraction of sp³-hybridized carbons (Fsp3) is 0.188. The minimum atomic E-state index is -0.480. The van der Waals surface area contributed by atoms with E-state index >= 15 is 0 Å². The third-order valence-electron chi connectivity index (χ3n) is 3.17. The van der Waals surface area contributed by atoms with Crippen molar-refractivity contribution in [2.45, 2.75) is 13.3 Å². The molecule has 0 spiro atoms. The first-order valence-corrected chi connectivity index (χ1v) is 7.38. The number of carbonyl (C=O) groups is 1. The van der Waals surface area contributed by atoms with Crippen LogP contribution in [0.15, 0.2) is 42.5 Å². The van der Waals surface area contributed by atoms with Gasteiger partial charge in [-0.05, 0) is 30.2 Å². The average molecular weight is 334 g/mol. The summed E-state index contributed by atoms with van der Waals surface area (Å²) in [6.45, 7) is 2.10. The molecule has 2 aromatic carbocycles. The summed E-state index contributed by atoms with van der Waals surface area (Å²) in [5.41, 5.74) is 2.48. The predicted octanol–water partition coefficient (Wildman–Crippen LogP) is 3.86. The van der Waals surface area contributed by atoms with Gasteiger partial charge in [0.15, 0.2) is 0 Å². The molecule has 1 amide bonds. The summed E-state index contributed by atoms with van der Waals surface area (Å²) in [5.74, 6) is -0.104. The molecular weight excluding hydrogens is 318 g/mol. The molecule has 0 fully saturated rings. The lowest BCUT2D eigenvalue weighted by Gasteiger charge is -2.09. The Morgan fingerprint density at radius 3 is 2.48 bits per heavy atom. The largest absolute Gasteiger partial charge is 0.384 e. The van der Waals surface area contributed by atoms with Gasteiger partial charge in [-0.25, -0.2) is 0 Å². The lowest BCUT2D eigenvalue weighted by Crippen LogP contribution is -2.07. The molecule has 2 rings (SSSR count). The van der Waals surface area contributed by atoms with Crippen molar-refractivity contribution in [1.82, 2.24) is 0 Å². The van der Waals surface area contributed by atoms with E-state index in [0.717, 1.165) is 17.7 Å². The van der Waals surface area contributed by atoms with E-state index in [2.05, 4.69) is 10.6 Å². The van der Waals surface area contributed by atoms with Gasteiger partial charge >= 0.3 is 0 Å². The molecule has 0 aromatic heterocycles. The minimum Gasteiger partial charge on any atom is -0.384 e. The molecule has 0 unspecified atom stereocenters. The smallest absolute Gasteiger partial charge is 0.271 e. The van der Waals surface area contributed by atoms with E-state index in [9.17, 15) is 14.9 Å². The Hall–Kier alpha value is -2.60. The van der Waals surface area contributed by atoms with Gasteiger partial charge in [-0.15, -0.1) is 0 Å². The van der Waals surface area contributed by atoms with E-state index in [4.69, 9.17) is 11.6 Å². The van der Waals surface area contributed by atoms with Crippen LogP contribution in [0.3, 0.4) is 0 Å². The van der Waals surface area contributed by atoms with Crippen LogP contribution in [-0.2, 0) is 11.2 Å². The first kappa shape index (κ1) is 16.8. The zero-order valence-corrected chi connectivity index (χ0v) is 13.3. The number of amides is 1. The van der Waals surface area contributed by atoms with Gasteiger partial charge in [0.25, 0.3) is 5.69 Å². The second-order valence-electron chi connectivity index (χ2n) is 4.98. The van der Waals surface area contributed by atoms with Gasteiger partial charge in [0.1, 0.15) is 0 Å². The van der Waals surface area contributed by atoms with E-state index < -0.39 is 4.92 Å². The Morgan fingerprint density at radius 1 is 1.22 bits per heavy atom. The van der Waals surface area contributed by atoms with Gasteiger partial charge in [-0.3, -0.25) is 14.9 Å². The second-order valence-corrected chi connectivity index (χ2v) is 5.38. The third kappa shape index (κ3) is 4.96. The van der Waals surface area contributed by atoms with Gasteiger partial charge in [0.2, 0.25) is 5.91 Å². The fourth-order valence-electron chi connectivity index (χ4n) is 2.06. The van der Waals surface area contributed by atoms with Gasteiger partial charge in [0, 0.05) is 31.3 Å². The number of anilines is 2. The van der Waals surface area contributed by atoms with E-state index in [1.165, 1.54) is 19.1 Å². The summed E-state index contributed by atoms with van der Waals surface area (Å²) in [4.78, 5) is 21.1. The van der Waals surface area contributed by atoms with Crippen LogP contribution >= 0.6 is 11.6 Å². The number of carbonyl (C=O) groups excluding carboxylic acids is 1. The maximum absolute atomic E-state index is 10.9. The molecule has 0 atom stereocenters. The molecule has 7 heteroatoms. The molecule has 0 aliphatic rings. The first-order chi connectivity index (χ1) is 11.0. The molecule has 120 valence electrons. The Morgan fingerprint density at radius 2 is 1.91 bits per heavy atom. The van der Waals surface area contributed by atoms with Crippen LogP contribution < -0.4 is 10.6 Å². The van der Waals surface area contributed by atoms with Crippen molar-refractivity contribution in [1.29, 1.82) is 0 Å². The van der Waals surface area contributed by atoms with Crippen LogP contribution in [0, 0.1) is 10.1 Å². The maximum Gasteiger partial charge on any atom is 0.271 e. The molecule has 0 bridgehead atoms. The maximum atomic E-state index is 10.9. The Kier molecular flexibility index (Phi) is 5.54. The van der Waals surface area contributed by atoms with E-state index in [1.54, 1.807) is 6.07 Å². The third-order valence-corrected chi connectivity index (χ3v) is 3.48. The molecule has 0 aliphatic heterocycles. The van der Waals surface area contributed by atoms with Crippen LogP contribution in [-0.4, -0.2) is 17.4 Å². The highest BCUT2D eigenvalue weighted by Gasteiger charge is 2.08. The molecular formula is C16H16ClN3O3. The van der Waals surface area contributed by atoms with Gasteiger partial charge in [-0.2, -0.15) is 0 Å². The summed E-state index contributed by atoms with van der Waals surface area (Å²) in [6.07, 6.45) is 0.758. The molecule has 23 heavy (non-hydrogen) atoms. The van der Waals surface area contributed by atoms with Crippen LogP contribution in [0.4, 0.5) is 17.1 Å². The number of hydrogen-bond acceptors (Lipinski definition) is 4. The number of hydrogen-bond donors (Lipinski definition) is 2. The van der Waals surface area contributed by atoms with Crippen molar-refractivity contribution in [2.24, 2.45) is 0 Å². The lowest BCUT2D eigenvalue weighted by atomic mass is 10.1. The van der Waals surface area contributed by atoms with Gasteiger partial charge < -0.3 is 10.6 Å². The molecule has 2 N–H and O–H groups in total. The number of non-ortho nitro benzene ring substituents is 1. The van der Waals surface area contributed by atoms with Gasteiger partial charge in [-0.1, -0.05) is 23.7 Å². The normalized spacial score (nSPS) is 10.2. The number of nitro groups is 1. The van der Waals surface area contributed by atoms with Crippen molar-refractivity contribution in [3.05, 3.63) is 63.2 Å². The predicted molar refractivity (Wildman–Crippen MR) is 91.0 cm³/mol. The number of nitrogens with zero attached hydrogens (tertiary/aromatic N) is 1. The molecule has 0 saturated heterocycles. The summed E-state index contributed by atoms with van der Waals surface area (Å²) in [7, 11) is 0. The van der Waals surface area contributed by atoms with Crippen LogP contribution in [0.2, 0.25) is 5.02 Å². The molecule has 6 nitrogen and oxygen atoms in total. The molecule has 2 aromatic rings. The Bertz CT molecular complexity index is 717. The number of nitrogens with one attached hydrogen (secondary N) is 2. The monoisotopic (exact) mass is 333 g/mol. The zero-order chi connectivity index (χ0) is 16.8. The van der Waals surface area contributed by atoms with Crippen molar-refractivity contribution < 1.29 is 9.72 Å². The van der Waals surface area contributed by atoms with E-state index in [-0.39, 0.29) is 11.6 Å². The Balaban J connectivity index is 1.89. The van der Waals surface area contributed by atoms with Crippen LogP contribution in [0.25, 0.3) is 0 Å². The highest BCUT2D eigenvalue weighted by Crippen LogP contribution is 2.26. The number of halogens is 1. The van der Waals surface area contributed by atoms with Gasteiger partial charge in [0.05, 0.1) is 15.6 Å². The average Bonchev–Trinajstić information content (AvgIpc) is 2.50. The number of nitro benzene ring substituents is 1. The molecule has 0 saturated carbocycles. The second kappa shape index (κ2) is 7.60. The quantitative estimate of drug-likeness (QED) is 0.621. The lowest BCUT2D eigenvalue weighted by molar-refractivity contribution is -0.384. The SMILES string of the molecule is CC(=O)Nc1ccc(CCNc2ccc([N+](=O)[O-])cc2Cl)cc1. The van der Waals surface area contributed by atoms with Crippen molar-refractivity contribution in [3.63, 3.8) is 0 Å². The first-order valence-electron chi connectivity index (χ1n) is 7.00. The number of rotatable bonds is 6. The molecule has 0 heterocycles. The summed E-state index contributed by atoms with van der Waals surface area (Å²) in [6, 6.07) is 11.9. The Labute approximate surface area is 138 Å². The summed E-state index contributed by atoms with van der Waals surface area (Å²) < 4.78 is 0. The fourth-order valence-corrected chi connectivity index (χ4v) is 2.30. The molecule has 0 aliphatic carbocycles. The molecule has 0 radical (unpaired) electrons. The highest BCUT2D eigenvalue weighted by atomic mass is 35.5. The van der Waals surface area contributed by atoms with Crippen molar-refractivity contribution >= 4 is 34.6 Å². The summed E-state index contributed by atoms with van der Waals surface area (Å²) in [5, 5.41) is 16.8. The van der Waals surface area contributed by atoms with E-state index in [1.807, 2.05) is 24.3 Å². The van der Waals surface area contributed by atoms with E-state index in [0.29, 0.717) is 17.3 Å². The highest BCUT2D eigenvalue weighted by molar-refractivity contribution is 6.33. The standard InChI is InChI=1S/C16H16ClN3O3/c1-11(21)19-13-4-2-12(3-5-13)8-9-18-16-7-6-14(20(22)23)10-15(16)17/h2-7,10,18H,8-9H2,1H3,(H,19,21). The minimum absolute atomic E-state index is 0.0332. The van der Waals surface area contributed by atoms with Crippen LogP contribution in [0.1, 0.15) is 12.5 Å². The number of benzene rings is 2. The zero-order valence-electron chi connectivity index (χ0n) is 12.5. The summed E-state index contributed by atoms with van der Waals surface area (Å²) >= 11 is 6.02. The topological polar surface area (TPSA) is 84.3 Å².